The summed E-state index contributed by atoms with van der Waals surface area (Å²) in [7, 11) is 0. The molecule has 0 aliphatic heterocycles. The van der Waals surface area contributed by atoms with Crippen molar-refractivity contribution in [3.8, 4) is 0 Å². The maximum Gasteiger partial charge on any atom is 0.0739 e. The average molecular weight is 228 g/mol. The fraction of sp³-hybridized carbons (Fsp3) is 0.400. The minimum absolute atomic E-state index is 0.736. The Bertz CT molecular complexity index is 544. The van der Waals surface area contributed by atoms with Gasteiger partial charge in [0.1, 0.15) is 0 Å². The lowest BCUT2D eigenvalue weighted by Gasteiger charge is -2.10. The van der Waals surface area contributed by atoms with Gasteiger partial charge in [0, 0.05) is 11.1 Å². The van der Waals surface area contributed by atoms with E-state index < -0.39 is 0 Å². The first-order valence-electron chi connectivity index (χ1n) is 6.19. The highest BCUT2D eigenvalue weighted by Gasteiger charge is 2.07. The summed E-state index contributed by atoms with van der Waals surface area (Å²) in [6, 6.07) is 6.61. The number of aromatic nitrogens is 1. The molecule has 17 heavy (non-hydrogen) atoms. The van der Waals surface area contributed by atoms with E-state index in [4.69, 9.17) is 5.73 Å². The van der Waals surface area contributed by atoms with E-state index in [1.807, 2.05) is 0 Å². The van der Waals surface area contributed by atoms with Crippen LogP contribution in [-0.4, -0.2) is 11.5 Å². The zero-order chi connectivity index (χ0) is 12.4. The molecule has 2 N–H and O–H groups in total. The summed E-state index contributed by atoms with van der Waals surface area (Å²) in [6.07, 6.45) is 2.04. The second-order valence-electron chi connectivity index (χ2n) is 4.79. The molecule has 0 fully saturated rings. The SMILES string of the molecule is Cc1cc(CCCN)c2nc(C)cc(C)c2c1. The first-order valence-corrected chi connectivity index (χ1v) is 6.19. The standard InChI is InChI=1S/C15H20N2/c1-10-7-13(5-4-6-16)15-14(8-10)11(2)9-12(3)17-15/h7-9H,4-6,16H2,1-3H3. The van der Waals surface area contributed by atoms with Crippen LogP contribution in [0.5, 0.6) is 0 Å². The molecule has 0 radical (unpaired) electrons. The lowest BCUT2D eigenvalue weighted by atomic mass is 9.99. The fourth-order valence-electron chi connectivity index (χ4n) is 2.37. The Hall–Kier alpha value is -1.41. The molecule has 0 aliphatic rings. The molecule has 0 saturated heterocycles. The van der Waals surface area contributed by atoms with Gasteiger partial charge in [0.25, 0.3) is 0 Å². The third-order valence-electron chi connectivity index (χ3n) is 3.12. The highest BCUT2D eigenvalue weighted by atomic mass is 14.7. The third kappa shape index (κ3) is 2.47. The van der Waals surface area contributed by atoms with Gasteiger partial charge in [0.05, 0.1) is 5.52 Å². The molecule has 2 nitrogen and oxygen atoms in total. The smallest absolute Gasteiger partial charge is 0.0739 e. The zero-order valence-electron chi connectivity index (χ0n) is 10.9. The van der Waals surface area contributed by atoms with Crippen LogP contribution in [0, 0.1) is 20.8 Å². The van der Waals surface area contributed by atoms with Crippen LogP contribution in [0.2, 0.25) is 0 Å². The monoisotopic (exact) mass is 228 g/mol. The highest BCUT2D eigenvalue weighted by Crippen LogP contribution is 2.24. The molecular formula is C15H20N2. The zero-order valence-corrected chi connectivity index (χ0v) is 10.9. The molecule has 0 spiro atoms. The number of aryl methyl sites for hydroxylation is 4. The van der Waals surface area contributed by atoms with Crippen molar-refractivity contribution < 1.29 is 0 Å². The Kier molecular flexibility index (Phi) is 3.43. The first-order chi connectivity index (χ1) is 8.11. The van der Waals surface area contributed by atoms with Gasteiger partial charge in [-0.25, -0.2) is 0 Å². The number of hydrogen-bond acceptors (Lipinski definition) is 2. The van der Waals surface area contributed by atoms with Crippen molar-refractivity contribution in [3.05, 3.63) is 40.6 Å². The number of nitrogens with two attached hydrogens (primary N) is 1. The molecule has 1 aromatic carbocycles. The molecule has 0 saturated carbocycles. The largest absolute Gasteiger partial charge is 0.330 e. The molecule has 0 aliphatic carbocycles. The van der Waals surface area contributed by atoms with Gasteiger partial charge in [-0.1, -0.05) is 11.6 Å². The number of nitrogens with zero attached hydrogens (tertiary/aromatic N) is 1. The topological polar surface area (TPSA) is 38.9 Å². The minimum Gasteiger partial charge on any atom is -0.330 e. The van der Waals surface area contributed by atoms with Crippen molar-refractivity contribution in [3.63, 3.8) is 0 Å². The maximum atomic E-state index is 5.60. The summed E-state index contributed by atoms with van der Waals surface area (Å²) in [5.41, 5.74) is 11.8. The quantitative estimate of drug-likeness (QED) is 0.877. The number of benzene rings is 1. The van der Waals surface area contributed by atoms with Crippen LogP contribution in [0.1, 0.15) is 28.8 Å². The molecule has 1 heterocycles. The van der Waals surface area contributed by atoms with Crippen LogP contribution in [0.4, 0.5) is 0 Å². The maximum absolute atomic E-state index is 5.60. The second-order valence-corrected chi connectivity index (χ2v) is 4.79. The fourth-order valence-corrected chi connectivity index (χ4v) is 2.37. The van der Waals surface area contributed by atoms with Crippen molar-refractivity contribution in [1.82, 2.24) is 4.98 Å². The summed E-state index contributed by atoms with van der Waals surface area (Å²) >= 11 is 0. The molecule has 90 valence electrons. The van der Waals surface area contributed by atoms with Gasteiger partial charge in [-0.3, -0.25) is 4.98 Å². The van der Waals surface area contributed by atoms with Crippen LogP contribution >= 0.6 is 0 Å². The molecule has 2 rings (SSSR count). The molecule has 2 aromatic rings. The van der Waals surface area contributed by atoms with Gasteiger partial charge in [-0.2, -0.15) is 0 Å². The van der Waals surface area contributed by atoms with Crippen LogP contribution in [0.25, 0.3) is 10.9 Å². The van der Waals surface area contributed by atoms with E-state index in [0.717, 1.165) is 30.6 Å². The number of rotatable bonds is 3. The lowest BCUT2D eigenvalue weighted by Crippen LogP contribution is -2.02. The Morgan fingerprint density at radius 1 is 1.12 bits per heavy atom. The molecule has 2 heteroatoms. The molecule has 1 aromatic heterocycles. The average Bonchev–Trinajstić information content (AvgIpc) is 2.27. The van der Waals surface area contributed by atoms with Gasteiger partial charge in [0.15, 0.2) is 0 Å². The molecule has 0 amide bonds. The van der Waals surface area contributed by atoms with Crippen molar-refractivity contribution in [1.29, 1.82) is 0 Å². The lowest BCUT2D eigenvalue weighted by molar-refractivity contribution is 0.834. The van der Waals surface area contributed by atoms with E-state index >= 15 is 0 Å². The van der Waals surface area contributed by atoms with Gasteiger partial charge < -0.3 is 5.73 Å². The molecule has 0 bridgehead atoms. The summed E-state index contributed by atoms with van der Waals surface area (Å²) in [5, 5.41) is 1.28. The Labute approximate surface area is 103 Å². The Balaban J connectivity index is 2.64. The van der Waals surface area contributed by atoms with Crippen LogP contribution in [-0.2, 0) is 6.42 Å². The van der Waals surface area contributed by atoms with Gasteiger partial charge >= 0.3 is 0 Å². The van der Waals surface area contributed by atoms with Crippen molar-refractivity contribution >= 4 is 10.9 Å². The minimum atomic E-state index is 0.736. The predicted molar refractivity (Wildman–Crippen MR) is 73.3 cm³/mol. The van der Waals surface area contributed by atoms with Gasteiger partial charge in [0.2, 0.25) is 0 Å². The third-order valence-corrected chi connectivity index (χ3v) is 3.12. The summed E-state index contributed by atoms with van der Waals surface area (Å²) in [5.74, 6) is 0. The van der Waals surface area contributed by atoms with Crippen LogP contribution in [0.3, 0.4) is 0 Å². The van der Waals surface area contributed by atoms with Crippen molar-refractivity contribution in [2.24, 2.45) is 5.73 Å². The van der Waals surface area contributed by atoms with E-state index in [0.29, 0.717) is 0 Å². The van der Waals surface area contributed by atoms with Crippen molar-refractivity contribution in [2.75, 3.05) is 6.54 Å². The van der Waals surface area contributed by atoms with E-state index in [1.54, 1.807) is 0 Å². The first kappa shape index (κ1) is 12.1. The normalized spacial score (nSPS) is 11.1. The van der Waals surface area contributed by atoms with E-state index in [1.165, 1.54) is 22.1 Å². The number of hydrogen-bond donors (Lipinski definition) is 1. The van der Waals surface area contributed by atoms with E-state index in [2.05, 4.69) is 44.0 Å². The second kappa shape index (κ2) is 4.84. The molecule has 0 atom stereocenters. The van der Waals surface area contributed by atoms with Crippen molar-refractivity contribution in [2.45, 2.75) is 33.6 Å². The Morgan fingerprint density at radius 2 is 1.88 bits per heavy atom. The molecular weight excluding hydrogens is 208 g/mol. The predicted octanol–water partition coefficient (Wildman–Crippen LogP) is 3.05. The van der Waals surface area contributed by atoms with Crippen LogP contribution < -0.4 is 5.73 Å². The Morgan fingerprint density at radius 3 is 2.59 bits per heavy atom. The van der Waals surface area contributed by atoms with Crippen LogP contribution in [0.15, 0.2) is 18.2 Å². The molecule has 0 unspecified atom stereocenters. The van der Waals surface area contributed by atoms with Gasteiger partial charge in [-0.05, 0) is 63.4 Å². The highest BCUT2D eigenvalue weighted by molar-refractivity contribution is 5.86. The summed E-state index contributed by atoms with van der Waals surface area (Å²) < 4.78 is 0. The summed E-state index contributed by atoms with van der Waals surface area (Å²) in [4.78, 5) is 4.69. The van der Waals surface area contributed by atoms with E-state index in [9.17, 15) is 0 Å². The number of pyridine rings is 1. The van der Waals surface area contributed by atoms with E-state index in [-0.39, 0.29) is 0 Å². The summed E-state index contributed by atoms with van der Waals surface area (Å²) in [6.45, 7) is 7.09. The van der Waals surface area contributed by atoms with Gasteiger partial charge in [-0.15, -0.1) is 0 Å². The number of fused-ring (bicyclic) bond motifs is 1.